The molecule has 0 spiro atoms. The average Bonchev–Trinajstić information content (AvgIpc) is 3.37. The van der Waals surface area contributed by atoms with Crippen LogP contribution in [0.4, 0.5) is 23.2 Å². The summed E-state index contributed by atoms with van der Waals surface area (Å²) in [5, 5.41) is 0.384. The van der Waals surface area contributed by atoms with Crippen LogP contribution in [0.2, 0.25) is 0 Å². The number of hydrogen-bond donors (Lipinski definition) is 0. The first-order chi connectivity index (χ1) is 18.7. The van der Waals surface area contributed by atoms with E-state index in [0.717, 1.165) is 34.8 Å². The van der Waals surface area contributed by atoms with E-state index < -0.39 is 11.7 Å². The van der Waals surface area contributed by atoms with Crippen molar-refractivity contribution in [1.29, 1.82) is 0 Å². The van der Waals surface area contributed by atoms with E-state index in [0.29, 0.717) is 55.1 Å². The van der Waals surface area contributed by atoms with Crippen LogP contribution in [0.5, 0.6) is 10.9 Å². The molecule has 0 bridgehead atoms. The minimum absolute atomic E-state index is 0.0399. The van der Waals surface area contributed by atoms with Crippen molar-refractivity contribution in [3.63, 3.8) is 0 Å². The number of anilines is 1. The topological polar surface area (TPSA) is 58.6 Å². The molecule has 1 aromatic heterocycles. The van der Waals surface area contributed by atoms with Crippen molar-refractivity contribution in [1.82, 2.24) is 14.3 Å². The number of carbonyl (C=O) groups is 1. The van der Waals surface area contributed by atoms with E-state index in [1.165, 1.54) is 18.2 Å². The fourth-order valence-corrected chi connectivity index (χ4v) is 4.86. The Morgan fingerprint density at radius 3 is 2.31 bits per heavy atom. The zero-order chi connectivity index (χ0) is 27.4. The molecule has 5 rings (SSSR count). The van der Waals surface area contributed by atoms with E-state index in [4.69, 9.17) is 4.74 Å². The van der Waals surface area contributed by atoms with Gasteiger partial charge in [0.2, 0.25) is 5.91 Å². The van der Waals surface area contributed by atoms with Gasteiger partial charge in [0.15, 0.2) is 5.82 Å². The Hall–Kier alpha value is -3.99. The Labute approximate surface area is 226 Å². The van der Waals surface area contributed by atoms with Gasteiger partial charge in [0.25, 0.3) is 5.19 Å². The summed E-state index contributed by atoms with van der Waals surface area (Å²) in [4.78, 5) is 20.8. The summed E-state index contributed by atoms with van der Waals surface area (Å²) in [6.45, 7) is 1.80. The van der Waals surface area contributed by atoms with Gasteiger partial charge in [0, 0.05) is 49.8 Å². The van der Waals surface area contributed by atoms with Gasteiger partial charge in [-0.1, -0.05) is 30.3 Å². The van der Waals surface area contributed by atoms with E-state index in [9.17, 15) is 22.4 Å². The van der Waals surface area contributed by atoms with Crippen molar-refractivity contribution in [2.24, 2.45) is 0 Å². The van der Waals surface area contributed by atoms with Crippen LogP contribution in [0, 0.1) is 5.82 Å². The maximum absolute atomic E-state index is 13.1. The van der Waals surface area contributed by atoms with Crippen molar-refractivity contribution in [2.75, 3.05) is 31.1 Å². The third kappa shape index (κ3) is 6.91. The Bertz CT molecular complexity index is 1420. The average molecular weight is 557 g/mol. The van der Waals surface area contributed by atoms with Crippen molar-refractivity contribution >= 4 is 23.1 Å². The lowest BCUT2D eigenvalue weighted by Crippen LogP contribution is -2.49. The second-order valence-electron chi connectivity index (χ2n) is 9.12. The minimum atomic E-state index is -4.39. The molecule has 0 unspecified atom stereocenters. The van der Waals surface area contributed by atoms with Crippen LogP contribution < -0.4 is 9.64 Å². The van der Waals surface area contributed by atoms with Gasteiger partial charge in [-0.05, 0) is 53.6 Å². The number of rotatable bonds is 7. The van der Waals surface area contributed by atoms with E-state index in [1.54, 1.807) is 35.2 Å². The van der Waals surface area contributed by atoms with Crippen LogP contribution >= 0.6 is 11.5 Å². The first kappa shape index (κ1) is 26.6. The fourth-order valence-electron chi connectivity index (χ4n) is 4.29. The number of halogens is 4. The molecule has 6 nitrogen and oxygen atoms in total. The van der Waals surface area contributed by atoms with Gasteiger partial charge < -0.3 is 14.5 Å². The third-order valence-corrected chi connectivity index (χ3v) is 7.01. The number of aromatic nitrogens is 2. The molecule has 0 saturated carbocycles. The normalized spacial score (nSPS) is 13.9. The van der Waals surface area contributed by atoms with Gasteiger partial charge in [0.1, 0.15) is 11.6 Å². The Morgan fingerprint density at radius 1 is 0.923 bits per heavy atom. The lowest BCUT2D eigenvalue weighted by atomic mass is 10.1. The summed E-state index contributed by atoms with van der Waals surface area (Å²) in [6, 6.07) is 18.6. The van der Waals surface area contributed by atoms with Crippen molar-refractivity contribution in [3.8, 4) is 10.9 Å². The maximum Gasteiger partial charge on any atom is 0.416 e. The summed E-state index contributed by atoms with van der Waals surface area (Å²) in [6.07, 6.45) is -3.71. The lowest BCUT2D eigenvalue weighted by Gasteiger charge is -2.36. The first-order valence-corrected chi connectivity index (χ1v) is 13.0. The lowest BCUT2D eigenvalue weighted by molar-refractivity contribution is -0.137. The highest BCUT2D eigenvalue weighted by atomic mass is 32.1. The highest BCUT2D eigenvalue weighted by Gasteiger charge is 2.31. The number of piperazine rings is 1. The van der Waals surface area contributed by atoms with Gasteiger partial charge >= 0.3 is 6.18 Å². The zero-order valence-corrected chi connectivity index (χ0v) is 21.5. The molecule has 0 radical (unpaired) electrons. The molecule has 0 aliphatic carbocycles. The van der Waals surface area contributed by atoms with E-state index in [-0.39, 0.29) is 18.1 Å². The minimum Gasteiger partial charge on any atom is -0.430 e. The predicted molar refractivity (Wildman–Crippen MR) is 140 cm³/mol. The van der Waals surface area contributed by atoms with Gasteiger partial charge in [-0.25, -0.2) is 4.39 Å². The number of amides is 1. The third-order valence-electron chi connectivity index (χ3n) is 6.38. The smallest absolute Gasteiger partial charge is 0.416 e. The molecule has 4 aromatic rings. The molecule has 0 atom stereocenters. The molecule has 202 valence electrons. The summed E-state index contributed by atoms with van der Waals surface area (Å²) in [5.74, 6) is 0.806. The Balaban J connectivity index is 1.11. The van der Waals surface area contributed by atoms with E-state index in [1.807, 2.05) is 17.0 Å². The molecule has 1 fully saturated rings. The molecule has 0 N–H and O–H groups in total. The first-order valence-electron chi connectivity index (χ1n) is 12.3. The molecule has 11 heteroatoms. The Kier molecular flexibility index (Phi) is 7.78. The van der Waals surface area contributed by atoms with Crippen molar-refractivity contribution in [3.05, 3.63) is 101 Å². The predicted octanol–water partition coefficient (Wildman–Crippen LogP) is 5.97. The van der Waals surface area contributed by atoms with E-state index >= 15 is 0 Å². The highest BCUT2D eigenvalue weighted by molar-refractivity contribution is 7.07. The number of benzene rings is 3. The van der Waals surface area contributed by atoms with E-state index in [2.05, 4.69) is 9.36 Å². The molecule has 1 aliphatic rings. The van der Waals surface area contributed by atoms with Crippen LogP contribution in [-0.4, -0.2) is 46.3 Å². The molecule has 1 amide bonds. The van der Waals surface area contributed by atoms with Crippen molar-refractivity contribution < 1.29 is 27.1 Å². The molecular weight excluding hydrogens is 532 g/mol. The number of carbonyl (C=O) groups excluding carboxylic acids is 1. The fraction of sp³-hybridized carbons (Fsp3) is 0.250. The van der Waals surface area contributed by atoms with Gasteiger partial charge in [0.05, 0.1) is 12.0 Å². The quantitative estimate of drug-likeness (QED) is 0.263. The summed E-state index contributed by atoms with van der Waals surface area (Å²) < 4.78 is 62.3. The second-order valence-corrected chi connectivity index (χ2v) is 9.83. The zero-order valence-electron chi connectivity index (χ0n) is 20.7. The van der Waals surface area contributed by atoms with Gasteiger partial charge in [-0.15, -0.1) is 0 Å². The number of hydrogen-bond acceptors (Lipinski definition) is 6. The molecule has 3 aromatic carbocycles. The van der Waals surface area contributed by atoms with Crippen molar-refractivity contribution in [2.45, 2.75) is 19.0 Å². The van der Waals surface area contributed by atoms with Crippen LogP contribution in [0.25, 0.3) is 0 Å². The molecular formula is C28H24F4N4O2S. The monoisotopic (exact) mass is 556 g/mol. The maximum atomic E-state index is 13.1. The summed E-state index contributed by atoms with van der Waals surface area (Å²) in [5.41, 5.74) is 1.54. The summed E-state index contributed by atoms with van der Waals surface area (Å²) >= 11 is 1.12. The SMILES string of the molecule is O=C(Cc1ccc(Oc2nc(Cc3ccc(F)cc3)ns2)cc1)N1CCN(c2cccc(C(F)(F)F)c2)CC1. The molecule has 2 heterocycles. The van der Waals surface area contributed by atoms with Gasteiger partial charge in [-0.2, -0.15) is 22.5 Å². The molecule has 1 aliphatic heterocycles. The van der Waals surface area contributed by atoms with Crippen LogP contribution in [0.1, 0.15) is 22.5 Å². The number of ether oxygens (including phenoxy) is 1. The number of nitrogens with zero attached hydrogens (tertiary/aromatic N) is 4. The van der Waals surface area contributed by atoms with Crippen LogP contribution in [-0.2, 0) is 23.8 Å². The highest BCUT2D eigenvalue weighted by Crippen LogP contribution is 2.32. The molecule has 39 heavy (non-hydrogen) atoms. The van der Waals surface area contributed by atoms with Gasteiger partial charge in [-0.3, -0.25) is 4.79 Å². The summed E-state index contributed by atoms with van der Waals surface area (Å²) in [7, 11) is 0. The second kappa shape index (κ2) is 11.4. The largest absolute Gasteiger partial charge is 0.430 e. The number of alkyl halides is 3. The molecule has 1 saturated heterocycles. The van der Waals surface area contributed by atoms with Crippen LogP contribution in [0.15, 0.2) is 72.8 Å². The van der Waals surface area contributed by atoms with Crippen LogP contribution in [0.3, 0.4) is 0 Å². The Morgan fingerprint density at radius 2 is 1.62 bits per heavy atom. The standard InChI is InChI=1S/C28H24F4N4O2S/c29-22-8-4-19(5-9-22)16-25-33-27(39-34-25)38-24-10-6-20(7-11-24)17-26(37)36-14-12-35(13-15-36)23-3-1-2-21(18-23)28(30,31)32/h1-11,18H,12-17H2.